The van der Waals surface area contributed by atoms with Gasteiger partial charge in [-0.1, -0.05) is 26.0 Å². The van der Waals surface area contributed by atoms with Crippen LogP contribution < -0.4 is 0 Å². The van der Waals surface area contributed by atoms with Gasteiger partial charge in [0, 0.05) is 0 Å². The molecular formula is C9H22N2O2. The predicted molar refractivity (Wildman–Crippen MR) is 51.9 cm³/mol. The molecule has 0 fully saturated rings. The van der Waals surface area contributed by atoms with Gasteiger partial charge < -0.3 is 4.90 Å². The highest BCUT2D eigenvalue weighted by atomic mass is 16.8. The lowest BCUT2D eigenvalue weighted by Gasteiger charge is -2.23. The quantitative estimate of drug-likeness (QED) is 0.598. The van der Waals surface area contributed by atoms with E-state index in [0.717, 1.165) is 32.5 Å². The first kappa shape index (κ1) is 12.8. The van der Waals surface area contributed by atoms with Crippen molar-refractivity contribution in [1.29, 1.82) is 0 Å². The fourth-order valence-electron chi connectivity index (χ4n) is 1.35. The second-order valence-corrected chi connectivity index (χ2v) is 3.20. The summed E-state index contributed by atoms with van der Waals surface area (Å²) in [5.41, 5.74) is 0. The minimum absolute atomic E-state index is 0.138. The molecule has 0 aromatic heterocycles. The van der Waals surface area contributed by atoms with Crippen LogP contribution in [-0.2, 0) is 0 Å². The first-order valence-electron chi connectivity index (χ1n) is 5.04. The molecule has 0 saturated carbocycles. The molecule has 0 spiro atoms. The molecule has 0 aromatic rings. The van der Waals surface area contributed by atoms with Crippen molar-refractivity contribution in [2.24, 2.45) is 0 Å². The van der Waals surface area contributed by atoms with Gasteiger partial charge in [-0.25, -0.2) is 0 Å². The zero-order chi connectivity index (χ0) is 10.3. The van der Waals surface area contributed by atoms with Gasteiger partial charge in [-0.2, -0.15) is 0 Å². The lowest BCUT2D eigenvalue weighted by atomic mass is 10.1. The highest BCUT2D eigenvalue weighted by Gasteiger charge is 2.13. The Labute approximate surface area is 80.7 Å². The molecule has 0 amide bonds. The topological polar surface area (TPSA) is 46.9 Å². The highest BCUT2D eigenvalue weighted by Crippen LogP contribution is 2.05. The van der Waals surface area contributed by atoms with Crippen molar-refractivity contribution in [2.75, 3.05) is 19.6 Å². The largest absolute Gasteiger partial charge is 0.304 e. The van der Waals surface area contributed by atoms with Gasteiger partial charge in [-0.3, -0.25) is 10.4 Å². The molecule has 0 radical (unpaired) electrons. The predicted octanol–water partition coefficient (Wildman–Crippen LogP) is 1.58. The molecule has 0 aliphatic carbocycles. The van der Waals surface area contributed by atoms with Gasteiger partial charge in [-0.05, 0) is 32.5 Å². The van der Waals surface area contributed by atoms with E-state index in [2.05, 4.69) is 18.7 Å². The minimum atomic E-state index is -0.138. The van der Waals surface area contributed by atoms with E-state index in [1.54, 1.807) is 0 Å². The van der Waals surface area contributed by atoms with Crippen molar-refractivity contribution in [2.45, 2.75) is 39.7 Å². The monoisotopic (exact) mass is 190 g/mol. The Morgan fingerprint density at radius 2 is 1.62 bits per heavy atom. The van der Waals surface area contributed by atoms with Gasteiger partial charge in [0.2, 0.25) is 0 Å². The number of hydrogen-bond acceptors (Lipinski definition) is 4. The van der Waals surface area contributed by atoms with Crippen molar-refractivity contribution >= 4 is 0 Å². The molecule has 0 rings (SSSR count). The molecule has 1 unspecified atom stereocenters. The second kappa shape index (κ2) is 7.26. The van der Waals surface area contributed by atoms with Crippen LogP contribution >= 0.6 is 0 Å². The van der Waals surface area contributed by atoms with Gasteiger partial charge in [0.05, 0.1) is 6.04 Å². The third kappa shape index (κ3) is 5.21. The van der Waals surface area contributed by atoms with E-state index >= 15 is 0 Å². The van der Waals surface area contributed by atoms with Crippen molar-refractivity contribution in [3.63, 3.8) is 0 Å². The molecular weight excluding hydrogens is 168 g/mol. The van der Waals surface area contributed by atoms with Crippen molar-refractivity contribution < 1.29 is 10.4 Å². The van der Waals surface area contributed by atoms with Gasteiger partial charge in [0.15, 0.2) is 0 Å². The van der Waals surface area contributed by atoms with Crippen LogP contribution in [0.3, 0.4) is 0 Å². The second-order valence-electron chi connectivity index (χ2n) is 3.20. The normalized spacial score (nSPS) is 14.1. The van der Waals surface area contributed by atoms with E-state index in [1.807, 2.05) is 6.92 Å². The molecule has 1 atom stereocenters. The van der Waals surface area contributed by atoms with Gasteiger partial charge in [0.1, 0.15) is 0 Å². The first-order valence-corrected chi connectivity index (χ1v) is 5.04. The van der Waals surface area contributed by atoms with Crippen LogP contribution in [0.4, 0.5) is 0 Å². The Kier molecular flexibility index (Phi) is 7.17. The van der Waals surface area contributed by atoms with Crippen molar-refractivity contribution in [3.8, 4) is 0 Å². The summed E-state index contributed by atoms with van der Waals surface area (Å²) >= 11 is 0. The zero-order valence-corrected chi connectivity index (χ0v) is 8.90. The van der Waals surface area contributed by atoms with Crippen LogP contribution in [0.15, 0.2) is 0 Å². The molecule has 0 aliphatic rings. The molecule has 4 nitrogen and oxygen atoms in total. The first-order chi connectivity index (χ1) is 6.15. The molecule has 80 valence electrons. The number of nitrogens with zero attached hydrogens (tertiary/aromatic N) is 2. The zero-order valence-electron chi connectivity index (χ0n) is 8.90. The summed E-state index contributed by atoms with van der Waals surface area (Å²) in [6.07, 6.45) is 1.56. The molecule has 0 heterocycles. The van der Waals surface area contributed by atoms with Gasteiger partial charge in [-0.15, -0.1) is 0 Å². The van der Waals surface area contributed by atoms with E-state index in [4.69, 9.17) is 10.4 Å². The lowest BCUT2D eigenvalue weighted by molar-refractivity contribution is -0.333. The smallest absolute Gasteiger partial charge is 0.0633 e. The van der Waals surface area contributed by atoms with Crippen LogP contribution in [-0.4, -0.2) is 46.2 Å². The molecule has 0 bridgehead atoms. The highest BCUT2D eigenvalue weighted by molar-refractivity contribution is 4.62. The van der Waals surface area contributed by atoms with Gasteiger partial charge >= 0.3 is 0 Å². The van der Waals surface area contributed by atoms with Crippen molar-refractivity contribution in [1.82, 2.24) is 10.1 Å². The van der Waals surface area contributed by atoms with E-state index in [-0.39, 0.29) is 6.04 Å². The summed E-state index contributed by atoms with van der Waals surface area (Å²) in [6, 6.07) is -0.138. The Morgan fingerprint density at radius 1 is 1.08 bits per heavy atom. The van der Waals surface area contributed by atoms with Gasteiger partial charge in [0.25, 0.3) is 0 Å². The van der Waals surface area contributed by atoms with E-state index < -0.39 is 0 Å². The third-order valence-corrected chi connectivity index (χ3v) is 2.47. The van der Waals surface area contributed by atoms with E-state index in [9.17, 15) is 0 Å². The van der Waals surface area contributed by atoms with Crippen LogP contribution in [0.1, 0.15) is 33.6 Å². The average Bonchev–Trinajstić information content (AvgIpc) is 2.12. The Hall–Kier alpha value is -0.160. The Morgan fingerprint density at radius 3 is 1.92 bits per heavy atom. The minimum Gasteiger partial charge on any atom is -0.304 e. The average molecular weight is 190 g/mol. The standard InChI is InChI=1S/C9H22N2O2/c1-4-9(11(12)13)7-8-10(5-2)6-3/h9,12-13H,4-8H2,1-3H3. The summed E-state index contributed by atoms with van der Waals surface area (Å²) in [5, 5.41) is 18.0. The molecule has 0 aromatic carbocycles. The fraction of sp³-hybridized carbons (Fsp3) is 1.00. The van der Waals surface area contributed by atoms with Crippen LogP contribution in [0.5, 0.6) is 0 Å². The lowest BCUT2D eigenvalue weighted by Crippen LogP contribution is -2.34. The fourth-order valence-corrected chi connectivity index (χ4v) is 1.35. The van der Waals surface area contributed by atoms with Crippen LogP contribution in [0.25, 0.3) is 0 Å². The molecule has 0 saturated heterocycles. The maximum atomic E-state index is 8.84. The number of hydrogen-bond donors (Lipinski definition) is 2. The SMILES string of the molecule is CCC(CCN(CC)CC)N(O)O. The molecule has 2 N–H and O–H groups in total. The summed E-state index contributed by atoms with van der Waals surface area (Å²) < 4.78 is 0. The molecule has 0 aliphatic heterocycles. The van der Waals surface area contributed by atoms with E-state index in [0.29, 0.717) is 5.23 Å². The third-order valence-electron chi connectivity index (χ3n) is 2.47. The summed E-state index contributed by atoms with van der Waals surface area (Å²) in [6.45, 7) is 9.13. The molecule has 13 heavy (non-hydrogen) atoms. The van der Waals surface area contributed by atoms with Crippen molar-refractivity contribution in [3.05, 3.63) is 0 Å². The van der Waals surface area contributed by atoms with Crippen LogP contribution in [0, 0.1) is 0 Å². The Balaban J connectivity index is 3.69. The molecule has 4 heteroatoms. The Bertz CT molecular complexity index is 116. The maximum absolute atomic E-state index is 8.84. The van der Waals surface area contributed by atoms with Crippen LogP contribution in [0.2, 0.25) is 0 Å². The number of hydroxylamine groups is 2. The maximum Gasteiger partial charge on any atom is 0.0633 e. The summed E-state index contributed by atoms with van der Waals surface area (Å²) in [5.74, 6) is 0. The summed E-state index contributed by atoms with van der Waals surface area (Å²) in [7, 11) is 0. The summed E-state index contributed by atoms with van der Waals surface area (Å²) in [4.78, 5) is 2.27. The number of rotatable bonds is 7. The van der Waals surface area contributed by atoms with E-state index in [1.165, 1.54) is 0 Å².